The molecule has 0 bridgehead atoms. The van der Waals surface area contributed by atoms with Gasteiger partial charge in [-0.15, -0.1) is 0 Å². The molecule has 0 aliphatic rings. The summed E-state index contributed by atoms with van der Waals surface area (Å²) in [7, 11) is 1.04. The highest BCUT2D eigenvalue weighted by Gasteiger charge is 2.09. The van der Waals surface area contributed by atoms with Crippen LogP contribution in [0.3, 0.4) is 0 Å². The third kappa shape index (κ3) is 3.42. The zero-order valence-corrected chi connectivity index (χ0v) is 5.12. The zero-order valence-electron chi connectivity index (χ0n) is 5.12. The second-order valence-electron chi connectivity index (χ2n) is 1.04. The average Bonchev–Trinajstić information content (AvgIpc) is 1.88. The summed E-state index contributed by atoms with van der Waals surface area (Å²) in [6.45, 7) is 0. The Hall–Kier alpha value is -1.59. The van der Waals surface area contributed by atoms with Crippen LogP contribution in [-0.4, -0.2) is 25.8 Å². The van der Waals surface area contributed by atoms with Gasteiger partial charge >= 0.3 is 12.3 Å². The normalized spacial score (nSPS) is 7.70. The van der Waals surface area contributed by atoms with Crippen LogP contribution in [0.5, 0.6) is 0 Å². The molecular formula is C4H5NO5. The summed E-state index contributed by atoms with van der Waals surface area (Å²) in [6.07, 6.45) is -2.13. The fourth-order valence-electron chi connectivity index (χ4n) is 0.182. The first-order valence-corrected chi connectivity index (χ1v) is 2.16. The summed E-state index contributed by atoms with van der Waals surface area (Å²) in [5.74, 6) is 0. The van der Waals surface area contributed by atoms with Crippen molar-refractivity contribution in [3.05, 3.63) is 0 Å². The molecule has 0 atom stereocenters. The highest BCUT2D eigenvalue weighted by Crippen LogP contribution is 1.85. The Kier molecular flexibility index (Phi) is 3.62. The van der Waals surface area contributed by atoms with Crippen LogP contribution < -0.4 is 0 Å². The van der Waals surface area contributed by atoms with Crippen LogP contribution in [0.15, 0.2) is 0 Å². The summed E-state index contributed by atoms with van der Waals surface area (Å²) in [5, 5.41) is 6.23. The number of nitrogens with one attached hydrogen (secondary N) is 1. The van der Waals surface area contributed by atoms with Crippen LogP contribution in [-0.2, 0) is 14.2 Å². The lowest BCUT2D eigenvalue weighted by atomic mass is 11.2. The smallest absolute Gasteiger partial charge is 0.437 e. The number of ether oxygens (including phenoxy) is 3. The molecule has 0 saturated heterocycles. The zero-order chi connectivity index (χ0) is 7.98. The predicted octanol–water partition coefficient (Wildman–Crippen LogP) is 0.513. The Morgan fingerprint density at radius 3 is 2.40 bits per heavy atom. The van der Waals surface area contributed by atoms with Gasteiger partial charge in [-0.25, -0.2) is 9.59 Å². The van der Waals surface area contributed by atoms with Gasteiger partial charge in [-0.3, -0.25) is 5.41 Å². The van der Waals surface area contributed by atoms with E-state index in [0.717, 1.165) is 7.11 Å². The topological polar surface area (TPSA) is 85.7 Å². The van der Waals surface area contributed by atoms with Crippen LogP contribution in [0.2, 0.25) is 0 Å². The van der Waals surface area contributed by atoms with Crippen LogP contribution >= 0.6 is 0 Å². The molecule has 0 unspecified atom stereocenters. The number of methoxy groups -OCH3 is 1. The Labute approximate surface area is 56.2 Å². The van der Waals surface area contributed by atoms with Gasteiger partial charge < -0.3 is 14.2 Å². The van der Waals surface area contributed by atoms with Crippen molar-refractivity contribution in [2.75, 3.05) is 7.11 Å². The quantitative estimate of drug-likeness (QED) is 0.253. The van der Waals surface area contributed by atoms with Crippen LogP contribution in [0.25, 0.3) is 0 Å². The Morgan fingerprint density at radius 2 is 2.00 bits per heavy atom. The highest BCUT2D eigenvalue weighted by atomic mass is 16.8. The second-order valence-corrected chi connectivity index (χ2v) is 1.04. The maximum absolute atomic E-state index is 10.1. The number of carbonyl (C=O) groups excluding carboxylic acids is 2. The lowest BCUT2D eigenvalue weighted by molar-refractivity contribution is 0.0706. The Bertz CT molecular complexity index is 154. The first kappa shape index (κ1) is 8.41. The van der Waals surface area contributed by atoms with Gasteiger partial charge in [0.25, 0.3) is 0 Å². The lowest BCUT2D eigenvalue weighted by Gasteiger charge is -1.96. The number of rotatable bonds is 1. The van der Waals surface area contributed by atoms with Crippen LogP contribution in [0.1, 0.15) is 0 Å². The van der Waals surface area contributed by atoms with Crippen LogP contribution in [0, 0.1) is 5.41 Å². The molecule has 56 valence electrons. The first-order chi connectivity index (χ1) is 4.70. The van der Waals surface area contributed by atoms with Crippen molar-refractivity contribution < 1.29 is 23.8 Å². The van der Waals surface area contributed by atoms with Crippen molar-refractivity contribution in [1.29, 1.82) is 5.41 Å². The van der Waals surface area contributed by atoms with E-state index in [1.165, 1.54) is 0 Å². The summed E-state index contributed by atoms with van der Waals surface area (Å²) < 4.78 is 11.5. The van der Waals surface area contributed by atoms with Crippen molar-refractivity contribution in [3.63, 3.8) is 0 Å². The molecule has 6 nitrogen and oxygen atoms in total. The van der Waals surface area contributed by atoms with E-state index in [4.69, 9.17) is 5.41 Å². The van der Waals surface area contributed by atoms with E-state index in [1.54, 1.807) is 0 Å². The monoisotopic (exact) mass is 147 g/mol. The molecule has 0 radical (unpaired) electrons. The van der Waals surface area contributed by atoms with Crippen molar-refractivity contribution in [2.24, 2.45) is 0 Å². The maximum atomic E-state index is 10.1. The minimum absolute atomic E-state index is 0.339. The minimum atomic E-state index is -1.29. The fraction of sp³-hybridized carbons (Fsp3) is 0.250. The molecule has 0 spiro atoms. The third-order valence-corrected chi connectivity index (χ3v) is 0.488. The molecule has 6 heteroatoms. The molecule has 0 saturated carbocycles. The molecule has 1 N–H and O–H groups in total. The molecule has 0 heterocycles. The van der Waals surface area contributed by atoms with E-state index in [2.05, 4.69) is 14.2 Å². The number of hydrogen-bond acceptors (Lipinski definition) is 6. The van der Waals surface area contributed by atoms with E-state index in [1.807, 2.05) is 0 Å². The average molecular weight is 147 g/mol. The van der Waals surface area contributed by atoms with Gasteiger partial charge in [0.1, 0.15) is 0 Å². The van der Waals surface area contributed by atoms with Crippen molar-refractivity contribution >= 4 is 18.7 Å². The van der Waals surface area contributed by atoms with Gasteiger partial charge in [0, 0.05) is 0 Å². The van der Waals surface area contributed by atoms with E-state index in [-0.39, 0.29) is 0 Å². The number of hydrogen-bond donors (Lipinski definition) is 1. The Morgan fingerprint density at radius 1 is 1.40 bits per heavy atom. The standard InChI is InChI=1S/C4H5NO5/c1-8-3(6)10-4(7)9-2-5/h2,5H,1H3. The molecule has 0 aromatic heterocycles. The van der Waals surface area contributed by atoms with E-state index in [9.17, 15) is 9.59 Å². The second kappa shape index (κ2) is 4.30. The maximum Gasteiger partial charge on any atom is 0.525 e. The van der Waals surface area contributed by atoms with Gasteiger partial charge in [0.15, 0.2) is 6.40 Å². The summed E-state index contributed by atoms with van der Waals surface area (Å²) >= 11 is 0. The first-order valence-electron chi connectivity index (χ1n) is 2.16. The molecule has 0 fully saturated rings. The third-order valence-electron chi connectivity index (χ3n) is 0.488. The van der Waals surface area contributed by atoms with Gasteiger partial charge in [0.2, 0.25) is 0 Å². The summed E-state index contributed by atoms with van der Waals surface area (Å²) in [5.41, 5.74) is 0. The largest absolute Gasteiger partial charge is 0.525 e. The van der Waals surface area contributed by atoms with E-state index < -0.39 is 12.3 Å². The van der Waals surface area contributed by atoms with Gasteiger partial charge in [-0.05, 0) is 0 Å². The van der Waals surface area contributed by atoms with Crippen molar-refractivity contribution in [1.82, 2.24) is 0 Å². The molecule has 10 heavy (non-hydrogen) atoms. The summed E-state index contributed by atoms with van der Waals surface area (Å²) in [6, 6.07) is 0. The molecule has 0 aliphatic heterocycles. The predicted molar refractivity (Wildman–Crippen MR) is 28.8 cm³/mol. The highest BCUT2D eigenvalue weighted by molar-refractivity contribution is 5.80. The fourth-order valence-corrected chi connectivity index (χ4v) is 0.182. The van der Waals surface area contributed by atoms with E-state index in [0.29, 0.717) is 6.40 Å². The van der Waals surface area contributed by atoms with Crippen LogP contribution in [0.4, 0.5) is 9.59 Å². The number of carbonyl (C=O) groups is 2. The molecule has 0 aromatic rings. The van der Waals surface area contributed by atoms with Gasteiger partial charge in [0.05, 0.1) is 7.11 Å². The molecule has 0 aliphatic carbocycles. The Balaban J connectivity index is 3.57. The van der Waals surface area contributed by atoms with Gasteiger partial charge in [-0.1, -0.05) is 0 Å². The minimum Gasteiger partial charge on any atom is -0.437 e. The van der Waals surface area contributed by atoms with Crippen molar-refractivity contribution in [2.45, 2.75) is 0 Å². The molecule has 0 amide bonds. The molecular weight excluding hydrogens is 142 g/mol. The van der Waals surface area contributed by atoms with Gasteiger partial charge in [-0.2, -0.15) is 0 Å². The van der Waals surface area contributed by atoms with Crippen molar-refractivity contribution in [3.8, 4) is 0 Å². The molecule has 0 rings (SSSR count). The summed E-state index contributed by atoms with van der Waals surface area (Å²) in [4.78, 5) is 20.2. The lowest BCUT2D eigenvalue weighted by Crippen LogP contribution is -2.12. The molecule has 0 aromatic carbocycles. The SMILES string of the molecule is COC(=O)OC(=O)OC=N. The van der Waals surface area contributed by atoms with E-state index >= 15 is 0 Å².